The van der Waals surface area contributed by atoms with Gasteiger partial charge in [0, 0.05) is 44.9 Å². The lowest BCUT2D eigenvalue weighted by atomic mass is 9.83. The van der Waals surface area contributed by atoms with Crippen LogP contribution in [0.15, 0.2) is 30.5 Å². The number of ether oxygens (including phenoxy) is 1. The first-order valence-corrected chi connectivity index (χ1v) is 15.5. The van der Waals surface area contributed by atoms with Crippen LogP contribution in [0.3, 0.4) is 0 Å². The molecule has 0 saturated heterocycles. The Labute approximate surface area is 213 Å². The fourth-order valence-electron chi connectivity index (χ4n) is 3.90. The number of halogens is 3. The van der Waals surface area contributed by atoms with E-state index in [1.165, 1.54) is 0 Å². The Hall–Kier alpha value is -2.39. The summed E-state index contributed by atoms with van der Waals surface area (Å²) in [6.07, 6.45) is 1.63. The molecule has 0 aliphatic heterocycles. The van der Waals surface area contributed by atoms with Crippen LogP contribution in [-0.2, 0) is 9.53 Å². The number of hydrogen-bond acceptors (Lipinski definition) is 3. The molecule has 2 aromatic rings. The Kier molecular flexibility index (Phi) is 10.8. The van der Waals surface area contributed by atoms with Gasteiger partial charge in [-0.2, -0.15) is 0 Å². The summed E-state index contributed by atoms with van der Waals surface area (Å²) in [5, 5.41) is 2.72. The van der Waals surface area contributed by atoms with Crippen molar-refractivity contribution in [3.05, 3.63) is 47.8 Å². The molecule has 2 N–H and O–H groups in total. The lowest BCUT2D eigenvalue weighted by Crippen LogP contribution is -2.43. The highest BCUT2D eigenvalue weighted by Gasteiger charge is 2.35. The van der Waals surface area contributed by atoms with E-state index in [2.05, 4.69) is 23.4 Å². The van der Waals surface area contributed by atoms with E-state index in [9.17, 15) is 18.4 Å². The van der Waals surface area contributed by atoms with Crippen LogP contribution in [0.25, 0.3) is 11.1 Å². The van der Waals surface area contributed by atoms with E-state index in [1.807, 2.05) is 20.8 Å². The summed E-state index contributed by atoms with van der Waals surface area (Å²) in [5.41, 5.74) is 0.897. The van der Waals surface area contributed by atoms with Gasteiger partial charge in [-0.15, -0.1) is 11.6 Å². The molecular weight excluding hydrogens is 492 g/mol. The van der Waals surface area contributed by atoms with Crippen molar-refractivity contribution in [1.82, 2.24) is 15.2 Å². The first kappa shape index (κ1) is 28.8. The summed E-state index contributed by atoms with van der Waals surface area (Å²) in [6.45, 7) is 11.4. The molecule has 0 aliphatic rings. The standard InChI is InChI=1S/C25H36ClF2N3O3Si/c1-25(2,3)23(21-13-17(16-30-21)19-14-18(27)7-8-20(19)28)31(22(32)15-26)10-6-9-29-24(33)34-11-12-35(4)5/h7-8,13-14,16,23,30,35H,6,9-12,15H2,1-5H3,(H,29,33). The van der Waals surface area contributed by atoms with Crippen LogP contribution in [0, 0.1) is 17.0 Å². The van der Waals surface area contributed by atoms with E-state index < -0.39 is 38.0 Å². The molecular formula is C25H36ClF2N3O3Si. The number of hydrogen-bond donors (Lipinski definition) is 2. The second-order valence-corrected chi connectivity index (χ2v) is 13.7. The number of benzene rings is 1. The van der Waals surface area contributed by atoms with Crippen molar-refractivity contribution in [1.29, 1.82) is 0 Å². The van der Waals surface area contributed by atoms with Gasteiger partial charge in [-0.25, -0.2) is 13.6 Å². The molecule has 0 bridgehead atoms. The van der Waals surface area contributed by atoms with Crippen molar-refractivity contribution >= 4 is 32.4 Å². The van der Waals surface area contributed by atoms with Gasteiger partial charge >= 0.3 is 6.09 Å². The lowest BCUT2D eigenvalue weighted by Gasteiger charge is -2.39. The second kappa shape index (κ2) is 13.1. The number of H-pyrrole nitrogens is 1. The molecule has 0 radical (unpaired) electrons. The minimum Gasteiger partial charge on any atom is -0.450 e. The molecule has 1 aromatic heterocycles. The highest BCUT2D eigenvalue weighted by Crippen LogP contribution is 2.39. The molecule has 2 amide bonds. The molecule has 35 heavy (non-hydrogen) atoms. The van der Waals surface area contributed by atoms with E-state index >= 15 is 0 Å². The second-order valence-electron chi connectivity index (χ2n) is 10.1. The van der Waals surface area contributed by atoms with Crippen molar-refractivity contribution in [2.45, 2.75) is 52.4 Å². The van der Waals surface area contributed by atoms with E-state index in [0.29, 0.717) is 37.4 Å². The molecule has 0 fully saturated rings. The largest absolute Gasteiger partial charge is 0.450 e. The Balaban J connectivity index is 2.16. The van der Waals surface area contributed by atoms with E-state index in [0.717, 1.165) is 24.2 Å². The number of nitrogens with zero attached hydrogens (tertiary/aromatic N) is 1. The van der Waals surface area contributed by atoms with Gasteiger partial charge in [0.1, 0.15) is 17.5 Å². The van der Waals surface area contributed by atoms with E-state index in [4.69, 9.17) is 16.3 Å². The average Bonchev–Trinajstić information content (AvgIpc) is 3.24. The van der Waals surface area contributed by atoms with Crippen molar-refractivity contribution in [3.8, 4) is 11.1 Å². The van der Waals surface area contributed by atoms with Crippen LogP contribution < -0.4 is 5.32 Å². The summed E-state index contributed by atoms with van der Waals surface area (Å²) in [6, 6.07) is 5.55. The van der Waals surface area contributed by atoms with Gasteiger partial charge in [-0.3, -0.25) is 4.79 Å². The van der Waals surface area contributed by atoms with E-state index in [1.54, 1.807) is 17.2 Å². The minimum atomic E-state index is -0.777. The van der Waals surface area contributed by atoms with Gasteiger partial charge in [-0.1, -0.05) is 33.9 Å². The Morgan fingerprint density at radius 2 is 1.94 bits per heavy atom. The zero-order valence-corrected chi connectivity index (χ0v) is 23.0. The van der Waals surface area contributed by atoms with Gasteiger partial charge in [0.2, 0.25) is 5.91 Å². The number of carbonyl (C=O) groups is 2. The third-order valence-corrected chi connectivity index (χ3v) is 7.20. The Morgan fingerprint density at radius 1 is 1.23 bits per heavy atom. The van der Waals surface area contributed by atoms with Crippen LogP contribution in [0.2, 0.25) is 19.1 Å². The predicted octanol–water partition coefficient (Wildman–Crippen LogP) is 5.72. The van der Waals surface area contributed by atoms with Crippen LogP contribution in [0.4, 0.5) is 13.6 Å². The third-order valence-electron chi connectivity index (χ3n) is 5.58. The summed E-state index contributed by atoms with van der Waals surface area (Å²) in [7, 11) is -0.777. The first-order valence-electron chi connectivity index (χ1n) is 11.8. The number of amides is 2. The van der Waals surface area contributed by atoms with Crippen LogP contribution in [0.5, 0.6) is 0 Å². The van der Waals surface area contributed by atoms with Gasteiger partial charge < -0.3 is 19.9 Å². The molecule has 1 atom stereocenters. The van der Waals surface area contributed by atoms with Gasteiger partial charge in [0.15, 0.2) is 0 Å². The molecule has 10 heteroatoms. The maximum Gasteiger partial charge on any atom is 0.407 e. The smallest absolute Gasteiger partial charge is 0.407 e. The number of aromatic nitrogens is 1. The van der Waals surface area contributed by atoms with Crippen LogP contribution in [0.1, 0.15) is 38.9 Å². The fourth-order valence-corrected chi connectivity index (χ4v) is 4.64. The fraction of sp³-hybridized carbons (Fsp3) is 0.520. The molecule has 2 rings (SSSR count). The summed E-state index contributed by atoms with van der Waals surface area (Å²) in [4.78, 5) is 29.5. The molecule has 0 spiro atoms. The van der Waals surface area contributed by atoms with Crippen molar-refractivity contribution in [2.24, 2.45) is 5.41 Å². The summed E-state index contributed by atoms with van der Waals surface area (Å²) in [5.74, 6) is -1.53. The van der Waals surface area contributed by atoms with E-state index in [-0.39, 0.29) is 17.4 Å². The SMILES string of the molecule is C[SiH](C)CCOC(=O)NCCCN(C(=O)CCl)C(c1cc(-c2cc(F)ccc2F)c[nH]1)C(C)(C)C. The number of nitrogens with one attached hydrogen (secondary N) is 2. The quantitative estimate of drug-likeness (QED) is 0.223. The maximum absolute atomic E-state index is 14.3. The third kappa shape index (κ3) is 8.65. The van der Waals surface area contributed by atoms with Crippen molar-refractivity contribution in [2.75, 3.05) is 25.6 Å². The topological polar surface area (TPSA) is 74.4 Å². The Morgan fingerprint density at radius 3 is 2.57 bits per heavy atom. The van der Waals surface area contributed by atoms with Gasteiger partial charge in [0.05, 0.1) is 12.6 Å². The maximum atomic E-state index is 14.3. The number of rotatable bonds is 11. The predicted molar refractivity (Wildman–Crippen MR) is 138 cm³/mol. The van der Waals surface area contributed by atoms with Crippen molar-refractivity contribution < 1.29 is 23.1 Å². The number of alkyl carbamates (subject to hydrolysis) is 1. The van der Waals surface area contributed by atoms with Gasteiger partial charge in [0.25, 0.3) is 0 Å². The number of alkyl halides is 1. The molecule has 1 aromatic carbocycles. The molecule has 6 nitrogen and oxygen atoms in total. The Bertz CT molecular complexity index is 995. The molecule has 0 aliphatic carbocycles. The minimum absolute atomic E-state index is 0.137. The average molecular weight is 528 g/mol. The molecule has 1 unspecified atom stereocenters. The zero-order chi connectivity index (χ0) is 26.2. The summed E-state index contributed by atoms with van der Waals surface area (Å²) < 4.78 is 33.2. The van der Waals surface area contributed by atoms with Crippen LogP contribution >= 0.6 is 11.6 Å². The molecule has 194 valence electrons. The molecule has 1 heterocycles. The van der Waals surface area contributed by atoms with Crippen LogP contribution in [-0.4, -0.2) is 56.3 Å². The number of aromatic amines is 1. The highest BCUT2D eigenvalue weighted by atomic mass is 35.5. The van der Waals surface area contributed by atoms with Crippen molar-refractivity contribution in [3.63, 3.8) is 0 Å². The van der Waals surface area contributed by atoms with Gasteiger partial charge in [-0.05, 0) is 42.1 Å². The number of carbonyl (C=O) groups excluding carboxylic acids is 2. The zero-order valence-electron chi connectivity index (χ0n) is 21.1. The first-order chi connectivity index (χ1) is 16.4. The normalized spacial score (nSPS) is 12.5. The monoisotopic (exact) mass is 527 g/mol. The molecule has 0 saturated carbocycles. The highest BCUT2D eigenvalue weighted by molar-refractivity contribution is 6.55. The summed E-state index contributed by atoms with van der Waals surface area (Å²) >= 11 is 5.93. The lowest BCUT2D eigenvalue weighted by molar-refractivity contribution is -0.133.